The van der Waals surface area contributed by atoms with Gasteiger partial charge >= 0.3 is 0 Å². The van der Waals surface area contributed by atoms with Crippen LogP contribution in [-0.2, 0) is 9.53 Å². The summed E-state index contributed by atoms with van der Waals surface area (Å²) in [7, 11) is 2.14. The third-order valence-electron chi connectivity index (χ3n) is 4.34. The maximum absolute atomic E-state index is 12.1. The van der Waals surface area contributed by atoms with E-state index in [0.29, 0.717) is 30.8 Å². The van der Waals surface area contributed by atoms with Crippen molar-refractivity contribution in [2.45, 2.75) is 6.42 Å². The normalized spacial score (nSPS) is 29.9. The van der Waals surface area contributed by atoms with Gasteiger partial charge in [-0.3, -0.25) is 9.78 Å². The van der Waals surface area contributed by atoms with Crippen molar-refractivity contribution in [2.24, 2.45) is 17.8 Å². The van der Waals surface area contributed by atoms with Gasteiger partial charge in [0.1, 0.15) is 0 Å². The van der Waals surface area contributed by atoms with Crippen molar-refractivity contribution < 1.29 is 9.53 Å². The fraction of sp³-hybridized carbons (Fsp3) is 0.600. The molecule has 1 N–H and O–H groups in total. The molecule has 3 rings (SSSR count). The van der Waals surface area contributed by atoms with Gasteiger partial charge in [0.25, 0.3) is 0 Å². The van der Waals surface area contributed by atoms with E-state index in [4.69, 9.17) is 4.74 Å². The summed E-state index contributed by atoms with van der Waals surface area (Å²) in [6.07, 6.45) is 3.90. The molecule has 1 amide bonds. The number of nitrogens with zero attached hydrogens (tertiary/aromatic N) is 2. The SMILES string of the molecule is CN1C[C@@H]2COC[C@@H](CC(=O)Nc3cccnc3)[C@@H]2C1. The number of rotatable bonds is 3. The molecule has 0 aromatic carbocycles. The number of likely N-dealkylation sites (tertiary alicyclic amines) is 1. The predicted molar refractivity (Wildman–Crippen MR) is 76.3 cm³/mol. The Morgan fingerprint density at radius 2 is 2.40 bits per heavy atom. The quantitative estimate of drug-likeness (QED) is 0.901. The molecule has 3 heterocycles. The molecule has 0 radical (unpaired) electrons. The minimum Gasteiger partial charge on any atom is -0.381 e. The Hall–Kier alpha value is -1.46. The van der Waals surface area contributed by atoms with Crippen molar-refractivity contribution in [2.75, 3.05) is 38.7 Å². The van der Waals surface area contributed by atoms with Gasteiger partial charge < -0.3 is 15.0 Å². The highest BCUT2D eigenvalue weighted by atomic mass is 16.5. The first-order valence-corrected chi connectivity index (χ1v) is 7.18. The van der Waals surface area contributed by atoms with E-state index >= 15 is 0 Å². The van der Waals surface area contributed by atoms with Crippen molar-refractivity contribution in [3.05, 3.63) is 24.5 Å². The number of amides is 1. The van der Waals surface area contributed by atoms with Gasteiger partial charge in [-0.15, -0.1) is 0 Å². The van der Waals surface area contributed by atoms with Crippen molar-refractivity contribution >= 4 is 11.6 Å². The lowest BCUT2D eigenvalue weighted by atomic mass is 9.81. The van der Waals surface area contributed by atoms with Crippen LogP contribution in [0.25, 0.3) is 0 Å². The molecule has 0 spiro atoms. The average molecular weight is 275 g/mol. The monoisotopic (exact) mass is 275 g/mol. The Bertz CT molecular complexity index is 465. The van der Waals surface area contributed by atoms with E-state index in [1.807, 2.05) is 12.1 Å². The van der Waals surface area contributed by atoms with E-state index in [2.05, 4.69) is 22.2 Å². The van der Waals surface area contributed by atoms with Crippen molar-refractivity contribution in [1.82, 2.24) is 9.88 Å². The Kier molecular flexibility index (Phi) is 3.98. The van der Waals surface area contributed by atoms with Crippen LogP contribution < -0.4 is 5.32 Å². The first kappa shape index (κ1) is 13.5. The van der Waals surface area contributed by atoms with Crippen LogP contribution in [0.1, 0.15) is 6.42 Å². The number of carbonyl (C=O) groups excluding carboxylic acids is 1. The summed E-state index contributed by atoms with van der Waals surface area (Å²) in [6.45, 7) is 3.72. The lowest BCUT2D eigenvalue weighted by molar-refractivity contribution is -0.119. The lowest BCUT2D eigenvalue weighted by Gasteiger charge is -2.32. The average Bonchev–Trinajstić information content (AvgIpc) is 2.81. The Morgan fingerprint density at radius 3 is 3.20 bits per heavy atom. The number of anilines is 1. The van der Waals surface area contributed by atoms with Crippen molar-refractivity contribution in [1.29, 1.82) is 0 Å². The molecular weight excluding hydrogens is 254 g/mol. The second-order valence-corrected chi connectivity index (χ2v) is 5.94. The first-order chi connectivity index (χ1) is 9.72. The predicted octanol–water partition coefficient (Wildman–Crippen LogP) is 1.23. The topological polar surface area (TPSA) is 54.5 Å². The smallest absolute Gasteiger partial charge is 0.224 e. The summed E-state index contributed by atoms with van der Waals surface area (Å²) < 4.78 is 5.68. The zero-order chi connectivity index (χ0) is 13.9. The molecule has 5 heteroatoms. The van der Waals surface area contributed by atoms with Crippen LogP contribution in [-0.4, -0.2) is 49.1 Å². The minimum atomic E-state index is 0.0572. The first-order valence-electron chi connectivity index (χ1n) is 7.18. The zero-order valence-corrected chi connectivity index (χ0v) is 11.8. The number of nitrogens with one attached hydrogen (secondary N) is 1. The van der Waals surface area contributed by atoms with Crippen LogP contribution in [0.15, 0.2) is 24.5 Å². The zero-order valence-electron chi connectivity index (χ0n) is 11.8. The number of carbonyl (C=O) groups is 1. The van der Waals surface area contributed by atoms with Crippen LogP contribution in [0.5, 0.6) is 0 Å². The second-order valence-electron chi connectivity index (χ2n) is 5.94. The molecule has 0 aliphatic carbocycles. The molecular formula is C15H21N3O2. The second kappa shape index (κ2) is 5.89. The van der Waals surface area contributed by atoms with E-state index in [1.54, 1.807) is 12.4 Å². The number of fused-ring (bicyclic) bond motifs is 1. The van der Waals surface area contributed by atoms with Crippen LogP contribution in [0, 0.1) is 17.8 Å². The number of hydrogen-bond acceptors (Lipinski definition) is 4. The highest BCUT2D eigenvalue weighted by Gasteiger charge is 2.40. The van der Waals surface area contributed by atoms with Crippen LogP contribution in [0.3, 0.4) is 0 Å². The molecule has 0 unspecified atom stereocenters. The van der Waals surface area contributed by atoms with Gasteiger partial charge in [-0.1, -0.05) is 0 Å². The molecule has 2 aliphatic heterocycles. The number of hydrogen-bond donors (Lipinski definition) is 1. The van der Waals surface area contributed by atoms with Crippen molar-refractivity contribution in [3.63, 3.8) is 0 Å². The number of ether oxygens (including phenoxy) is 1. The van der Waals surface area contributed by atoms with E-state index in [1.165, 1.54) is 0 Å². The van der Waals surface area contributed by atoms with Gasteiger partial charge in [-0.2, -0.15) is 0 Å². The molecule has 1 aromatic rings. The van der Waals surface area contributed by atoms with E-state index in [0.717, 1.165) is 25.4 Å². The number of pyridine rings is 1. The summed E-state index contributed by atoms with van der Waals surface area (Å²) in [5, 5.41) is 2.91. The van der Waals surface area contributed by atoms with E-state index in [9.17, 15) is 4.79 Å². The van der Waals surface area contributed by atoms with Gasteiger partial charge in [-0.05, 0) is 36.9 Å². The maximum atomic E-state index is 12.1. The molecule has 108 valence electrons. The Balaban J connectivity index is 1.58. The molecule has 2 saturated heterocycles. The Morgan fingerprint density at radius 1 is 1.50 bits per heavy atom. The standard InChI is InChI=1S/C15H21N3O2/c1-18-7-12-10-20-9-11(14(12)8-18)5-15(19)17-13-3-2-4-16-6-13/h2-4,6,11-12,14H,5,7-10H2,1H3,(H,17,19)/t11-,12-,14+/m1/s1. The summed E-state index contributed by atoms with van der Waals surface area (Å²) in [5.74, 6) is 1.57. The third kappa shape index (κ3) is 2.99. The van der Waals surface area contributed by atoms with E-state index < -0.39 is 0 Å². The van der Waals surface area contributed by atoms with Crippen LogP contribution >= 0.6 is 0 Å². The van der Waals surface area contributed by atoms with Gasteiger partial charge in [-0.25, -0.2) is 0 Å². The molecule has 2 fully saturated rings. The fourth-order valence-electron chi connectivity index (χ4n) is 3.42. The molecule has 2 aliphatic rings. The van der Waals surface area contributed by atoms with Gasteiger partial charge in [0.2, 0.25) is 5.91 Å². The highest BCUT2D eigenvalue weighted by Crippen LogP contribution is 2.35. The third-order valence-corrected chi connectivity index (χ3v) is 4.34. The highest BCUT2D eigenvalue weighted by molar-refractivity contribution is 5.90. The molecule has 1 aromatic heterocycles. The van der Waals surface area contributed by atoms with Crippen LogP contribution in [0.2, 0.25) is 0 Å². The van der Waals surface area contributed by atoms with Gasteiger partial charge in [0.15, 0.2) is 0 Å². The molecule has 3 atom stereocenters. The van der Waals surface area contributed by atoms with Crippen LogP contribution in [0.4, 0.5) is 5.69 Å². The largest absolute Gasteiger partial charge is 0.381 e. The number of aromatic nitrogens is 1. The van der Waals surface area contributed by atoms with Crippen molar-refractivity contribution in [3.8, 4) is 0 Å². The molecule has 0 saturated carbocycles. The van der Waals surface area contributed by atoms with E-state index in [-0.39, 0.29) is 5.91 Å². The minimum absolute atomic E-state index is 0.0572. The maximum Gasteiger partial charge on any atom is 0.224 e. The summed E-state index contributed by atoms with van der Waals surface area (Å²) >= 11 is 0. The fourth-order valence-corrected chi connectivity index (χ4v) is 3.42. The summed E-state index contributed by atoms with van der Waals surface area (Å²) in [6, 6.07) is 3.68. The van der Waals surface area contributed by atoms with Gasteiger partial charge in [0, 0.05) is 25.7 Å². The summed E-state index contributed by atoms with van der Waals surface area (Å²) in [4.78, 5) is 18.5. The molecule has 0 bridgehead atoms. The molecule has 5 nitrogen and oxygen atoms in total. The summed E-state index contributed by atoms with van der Waals surface area (Å²) in [5.41, 5.74) is 0.759. The lowest BCUT2D eigenvalue weighted by Crippen LogP contribution is -2.37. The van der Waals surface area contributed by atoms with Gasteiger partial charge in [0.05, 0.1) is 25.1 Å². The molecule has 20 heavy (non-hydrogen) atoms. The Labute approximate surface area is 119 Å².